The topological polar surface area (TPSA) is 26.3 Å². The van der Waals surface area contributed by atoms with Crippen LogP contribution in [0.1, 0.15) is 132 Å². The van der Waals surface area contributed by atoms with Crippen molar-refractivity contribution in [3.63, 3.8) is 0 Å². The molecular formula is C41H56O2. The molecule has 1 atom stereocenters. The second kappa shape index (κ2) is 19.5. The number of Topliss-reactive ketones (excluding diaryl/α,β-unsaturated/α-hetero) is 1. The lowest BCUT2D eigenvalue weighted by Gasteiger charge is -2.17. The zero-order chi connectivity index (χ0) is 30.0. The van der Waals surface area contributed by atoms with Crippen LogP contribution in [0, 0.1) is 5.92 Å². The van der Waals surface area contributed by atoms with Crippen LogP contribution < -0.4 is 0 Å². The minimum Gasteiger partial charge on any atom is -0.380 e. The molecule has 2 nitrogen and oxygen atoms in total. The number of fused-ring (bicyclic) bond motifs is 3. The molecule has 0 bridgehead atoms. The quantitative estimate of drug-likeness (QED) is 0.104. The van der Waals surface area contributed by atoms with Crippen molar-refractivity contribution in [2.24, 2.45) is 5.92 Å². The summed E-state index contributed by atoms with van der Waals surface area (Å²) < 4.78 is 6.27. The van der Waals surface area contributed by atoms with Gasteiger partial charge in [-0.1, -0.05) is 156 Å². The molecule has 43 heavy (non-hydrogen) atoms. The van der Waals surface area contributed by atoms with Crippen molar-refractivity contribution in [3.8, 4) is 11.1 Å². The average Bonchev–Trinajstić information content (AvgIpc) is 3.35. The first-order chi connectivity index (χ1) is 21.2. The van der Waals surface area contributed by atoms with Crippen molar-refractivity contribution in [2.45, 2.75) is 122 Å². The van der Waals surface area contributed by atoms with E-state index in [2.05, 4.69) is 78.9 Å². The van der Waals surface area contributed by atoms with Crippen molar-refractivity contribution >= 4 is 5.78 Å². The van der Waals surface area contributed by atoms with E-state index in [9.17, 15) is 4.79 Å². The third-order valence-corrected chi connectivity index (χ3v) is 9.46. The van der Waals surface area contributed by atoms with Crippen molar-refractivity contribution in [1.29, 1.82) is 0 Å². The maximum Gasteiger partial charge on any atom is 0.129 e. The van der Waals surface area contributed by atoms with E-state index in [1.165, 1.54) is 118 Å². The first kappa shape index (κ1) is 33.2. The Hall–Kier alpha value is -2.71. The van der Waals surface area contributed by atoms with Crippen molar-refractivity contribution < 1.29 is 9.53 Å². The monoisotopic (exact) mass is 580 g/mol. The number of carbonyl (C=O) groups is 1. The fourth-order valence-corrected chi connectivity index (χ4v) is 6.99. The van der Waals surface area contributed by atoms with Gasteiger partial charge in [0.05, 0.1) is 6.61 Å². The summed E-state index contributed by atoms with van der Waals surface area (Å²) in [4.78, 5) is 11.2. The zero-order valence-electron chi connectivity index (χ0n) is 26.9. The zero-order valence-corrected chi connectivity index (χ0v) is 26.9. The Morgan fingerprint density at radius 3 is 1.74 bits per heavy atom. The van der Waals surface area contributed by atoms with Crippen LogP contribution >= 0.6 is 0 Å². The van der Waals surface area contributed by atoms with Crippen LogP contribution in [0.4, 0.5) is 0 Å². The summed E-state index contributed by atoms with van der Waals surface area (Å²) in [7, 11) is 0. The van der Waals surface area contributed by atoms with E-state index in [0.29, 0.717) is 11.7 Å². The van der Waals surface area contributed by atoms with Crippen molar-refractivity contribution in [2.75, 3.05) is 13.2 Å². The molecule has 1 aliphatic rings. The lowest BCUT2D eigenvalue weighted by Crippen LogP contribution is -2.08. The number of rotatable bonds is 23. The molecule has 0 N–H and O–H groups in total. The molecule has 0 aliphatic heterocycles. The van der Waals surface area contributed by atoms with Crippen LogP contribution in [-0.4, -0.2) is 19.0 Å². The van der Waals surface area contributed by atoms with Gasteiger partial charge in [0, 0.05) is 18.9 Å². The summed E-state index contributed by atoms with van der Waals surface area (Å²) in [5.41, 5.74) is 7.08. The predicted molar refractivity (Wildman–Crippen MR) is 183 cm³/mol. The maximum absolute atomic E-state index is 11.2. The molecular weight excluding hydrogens is 524 g/mol. The van der Waals surface area contributed by atoms with Gasteiger partial charge in [0.2, 0.25) is 0 Å². The van der Waals surface area contributed by atoms with Gasteiger partial charge in [-0.2, -0.15) is 0 Å². The molecule has 0 saturated heterocycles. The summed E-state index contributed by atoms with van der Waals surface area (Å²) >= 11 is 0. The van der Waals surface area contributed by atoms with Crippen molar-refractivity contribution in [1.82, 2.24) is 0 Å². The molecule has 2 heteroatoms. The van der Waals surface area contributed by atoms with Gasteiger partial charge in [-0.15, -0.1) is 0 Å². The Morgan fingerprint density at radius 1 is 0.605 bits per heavy atom. The van der Waals surface area contributed by atoms with Crippen molar-refractivity contribution in [3.05, 3.63) is 95.6 Å². The number of unbranched alkanes of at least 4 members (excludes halogenated alkanes) is 9. The fraction of sp³-hybridized carbons (Fsp3) is 0.537. The normalized spacial score (nSPS) is 13.1. The number of aryl methyl sites for hydroxylation is 1. The highest BCUT2D eigenvalue weighted by Gasteiger charge is 2.27. The molecule has 1 unspecified atom stereocenters. The highest BCUT2D eigenvalue weighted by Crippen LogP contribution is 2.44. The second-order valence-corrected chi connectivity index (χ2v) is 13.0. The first-order valence-electron chi connectivity index (χ1n) is 17.5. The van der Waals surface area contributed by atoms with E-state index >= 15 is 0 Å². The SMILES string of the molecule is CC(=O)CCCCCCC(CCCCCCCc1ccccc1)CCCCCOCC1c2ccccc2-c2ccccc21. The molecule has 0 amide bonds. The van der Waals surface area contributed by atoms with E-state index < -0.39 is 0 Å². The molecule has 232 valence electrons. The number of hydrogen-bond donors (Lipinski definition) is 0. The smallest absolute Gasteiger partial charge is 0.129 e. The highest BCUT2D eigenvalue weighted by atomic mass is 16.5. The number of ether oxygens (including phenoxy) is 1. The Bertz CT molecular complexity index is 1140. The summed E-state index contributed by atoms with van der Waals surface area (Å²) in [6, 6.07) is 28.6. The molecule has 0 heterocycles. The van der Waals surface area contributed by atoms with Crippen LogP contribution in [0.2, 0.25) is 0 Å². The molecule has 0 fully saturated rings. The summed E-state index contributed by atoms with van der Waals surface area (Å²) in [6.07, 6.45) is 21.6. The standard InChI is InChI=1S/C41H56O2/c1-34(42)21-9-5-6-12-24-35(22-10-3-2-4-11-23-36-25-13-7-14-26-36)27-15-8-20-32-43-33-41-39-30-18-16-28-37(39)38-29-17-19-31-40(38)41/h7,13-14,16-19,25-26,28-31,35,41H,2-6,8-12,15,20-24,27,32-33H2,1H3. The van der Waals surface area contributed by atoms with Crippen LogP contribution in [0.15, 0.2) is 78.9 Å². The number of hydrogen-bond acceptors (Lipinski definition) is 2. The van der Waals surface area contributed by atoms with Crippen LogP contribution in [0.5, 0.6) is 0 Å². The lowest BCUT2D eigenvalue weighted by atomic mass is 9.89. The van der Waals surface area contributed by atoms with Gasteiger partial charge < -0.3 is 9.53 Å². The molecule has 3 aromatic carbocycles. The molecule has 4 rings (SSSR count). The Labute approximate surface area is 262 Å². The van der Waals surface area contributed by atoms with E-state index in [4.69, 9.17) is 4.74 Å². The molecule has 0 spiro atoms. The first-order valence-corrected chi connectivity index (χ1v) is 17.5. The van der Waals surface area contributed by atoms with Gasteiger partial charge in [-0.3, -0.25) is 0 Å². The summed E-state index contributed by atoms with van der Waals surface area (Å²) in [6.45, 7) is 3.37. The van der Waals surface area contributed by atoms with Gasteiger partial charge >= 0.3 is 0 Å². The van der Waals surface area contributed by atoms with Gasteiger partial charge in [-0.25, -0.2) is 0 Å². The Morgan fingerprint density at radius 2 is 1.12 bits per heavy atom. The van der Waals surface area contributed by atoms with E-state index in [1.807, 2.05) is 0 Å². The minimum absolute atomic E-state index is 0.337. The fourth-order valence-electron chi connectivity index (χ4n) is 6.99. The maximum atomic E-state index is 11.2. The van der Waals surface area contributed by atoms with E-state index in [-0.39, 0.29) is 0 Å². The minimum atomic E-state index is 0.337. The van der Waals surface area contributed by atoms with Crippen LogP contribution in [0.3, 0.4) is 0 Å². The van der Waals surface area contributed by atoms with Gasteiger partial charge in [0.15, 0.2) is 0 Å². The van der Waals surface area contributed by atoms with Gasteiger partial charge in [-0.05, 0) is 66.3 Å². The Balaban J connectivity index is 1.09. The van der Waals surface area contributed by atoms with Gasteiger partial charge in [0.1, 0.15) is 5.78 Å². The van der Waals surface area contributed by atoms with Crippen LogP contribution in [0.25, 0.3) is 11.1 Å². The molecule has 0 saturated carbocycles. The second-order valence-electron chi connectivity index (χ2n) is 13.0. The molecule has 1 aliphatic carbocycles. The third-order valence-electron chi connectivity index (χ3n) is 9.46. The molecule has 0 radical (unpaired) electrons. The average molecular weight is 581 g/mol. The van der Waals surface area contributed by atoms with E-state index in [0.717, 1.165) is 38.4 Å². The number of benzene rings is 3. The largest absolute Gasteiger partial charge is 0.380 e. The Kier molecular flexibility index (Phi) is 15.1. The third kappa shape index (κ3) is 11.7. The van der Waals surface area contributed by atoms with E-state index in [1.54, 1.807) is 6.92 Å². The molecule has 0 aromatic heterocycles. The van der Waals surface area contributed by atoms with Gasteiger partial charge in [0.25, 0.3) is 0 Å². The van der Waals surface area contributed by atoms with Crippen LogP contribution in [-0.2, 0) is 16.0 Å². The summed E-state index contributed by atoms with van der Waals surface area (Å²) in [5.74, 6) is 1.57. The number of carbonyl (C=O) groups excluding carboxylic acids is 1. The predicted octanol–water partition coefficient (Wildman–Crippen LogP) is 11.5. The molecule has 3 aromatic rings. The number of ketones is 1. The summed E-state index contributed by atoms with van der Waals surface area (Å²) in [5, 5.41) is 0. The lowest BCUT2D eigenvalue weighted by molar-refractivity contribution is -0.117. The highest BCUT2D eigenvalue weighted by molar-refractivity contribution is 5.78.